The average Bonchev–Trinajstić information content (AvgIpc) is 2.59. The molecule has 0 radical (unpaired) electrons. The number of rotatable bonds is 5. The number of thioether (sulfide) groups is 1. The first-order valence-corrected chi connectivity index (χ1v) is 9.26. The molecule has 1 aliphatic heterocycles. The highest BCUT2D eigenvalue weighted by Gasteiger charge is 2.46. The Kier molecular flexibility index (Phi) is 5.06. The van der Waals surface area contributed by atoms with Gasteiger partial charge in [0.2, 0.25) is 5.91 Å². The third-order valence-electron chi connectivity index (χ3n) is 4.63. The number of carbonyl (C=O) groups is 1. The van der Waals surface area contributed by atoms with Crippen molar-refractivity contribution in [1.29, 1.82) is 0 Å². The van der Waals surface area contributed by atoms with Gasteiger partial charge < -0.3 is 14.9 Å². The molecule has 1 amide bonds. The summed E-state index contributed by atoms with van der Waals surface area (Å²) in [7, 11) is 5.94. The van der Waals surface area contributed by atoms with Crippen LogP contribution in [0.2, 0.25) is 0 Å². The van der Waals surface area contributed by atoms with Gasteiger partial charge in [-0.15, -0.1) is 11.8 Å². The van der Waals surface area contributed by atoms with Crippen LogP contribution in [0.1, 0.15) is 18.4 Å². The molecule has 1 aliphatic rings. The summed E-state index contributed by atoms with van der Waals surface area (Å²) in [5.74, 6) is 0.315. The van der Waals surface area contributed by atoms with Crippen LogP contribution in [0.5, 0.6) is 5.75 Å². The molecule has 2 aromatic carbocycles. The van der Waals surface area contributed by atoms with Crippen LogP contribution in [0.15, 0.2) is 53.4 Å². The Bertz CT molecular complexity index is 761. The fraction of sp³-hybridized carbons (Fsp3) is 0.350. The van der Waals surface area contributed by atoms with Crippen molar-refractivity contribution in [2.75, 3.05) is 32.6 Å². The number of benzene rings is 2. The molecule has 5 heteroatoms. The zero-order valence-corrected chi connectivity index (χ0v) is 15.7. The minimum absolute atomic E-state index is 0.0978. The monoisotopic (exact) mass is 356 g/mol. The molecule has 1 N–H and O–H groups in total. The van der Waals surface area contributed by atoms with E-state index in [2.05, 4.69) is 11.0 Å². The second kappa shape index (κ2) is 7.10. The quantitative estimate of drug-likeness (QED) is 0.887. The summed E-state index contributed by atoms with van der Waals surface area (Å²) in [6, 6.07) is 15.1. The van der Waals surface area contributed by atoms with Gasteiger partial charge in [-0.1, -0.05) is 24.3 Å². The van der Waals surface area contributed by atoms with Crippen LogP contribution in [-0.2, 0) is 9.54 Å². The van der Waals surface area contributed by atoms with Gasteiger partial charge in [-0.05, 0) is 63.3 Å². The minimum atomic E-state index is -0.660. The van der Waals surface area contributed by atoms with E-state index in [4.69, 9.17) is 0 Å². The molecule has 0 saturated carbocycles. The van der Waals surface area contributed by atoms with Crippen molar-refractivity contribution in [3.63, 3.8) is 0 Å². The predicted octanol–water partition coefficient (Wildman–Crippen LogP) is 3.70. The molecule has 0 aliphatic carbocycles. The van der Waals surface area contributed by atoms with E-state index in [0.29, 0.717) is 0 Å². The molecular weight excluding hydrogens is 332 g/mol. The van der Waals surface area contributed by atoms with E-state index < -0.39 is 4.75 Å². The van der Waals surface area contributed by atoms with Gasteiger partial charge in [0.15, 0.2) is 0 Å². The summed E-state index contributed by atoms with van der Waals surface area (Å²) in [5.41, 5.74) is 1.90. The Morgan fingerprint density at radius 2 is 1.80 bits per heavy atom. The third kappa shape index (κ3) is 3.39. The van der Waals surface area contributed by atoms with Gasteiger partial charge in [-0.25, -0.2) is 0 Å². The second-order valence-electron chi connectivity index (χ2n) is 6.71. The van der Waals surface area contributed by atoms with E-state index in [1.165, 1.54) is 0 Å². The summed E-state index contributed by atoms with van der Waals surface area (Å²) in [4.78, 5) is 18.4. The Hall–Kier alpha value is -1.98. The number of para-hydroxylation sites is 1. The number of fused-ring (bicyclic) bond motifs is 1. The van der Waals surface area contributed by atoms with Crippen molar-refractivity contribution in [3.05, 3.63) is 54.1 Å². The Labute approximate surface area is 153 Å². The number of amides is 1. The maximum absolute atomic E-state index is 13.4. The lowest BCUT2D eigenvalue weighted by atomic mass is 9.90. The maximum atomic E-state index is 13.4. The van der Waals surface area contributed by atoms with Gasteiger partial charge in [0.25, 0.3) is 0 Å². The van der Waals surface area contributed by atoms with Crippen LogP contribution >= 0.6 is 11.8 Å². The lowest BCUT2D eigenvalue weighted by molar-refractivity contribution is -0.121. The number of likely N-dealkylation sites (N-methyl/N-ethyl adjacent to an activating group) is 1. The standard InChI is InChI=1S/C20H24N2O2S/c1-21(2)14-6-13-20(15-9-11-16(23)12-10-15)19(24)22(3)17-7-4-5-8-18(17)25-20/h4-5,7-12,23H,6,13-14H2,1-3H3. The Morgan fingerprint density at radius 3 is 2.48 bits per heavy atom. The number of hydrogen-bond acceptors (Lipinski definition) is 4. The summed E-state index contributed by atoms with van der Waals surface area (Å²) in [6.07, 6.45) is 1.67. The molecule has 4 nitrogen and oxygen atoms in total. The van der Waals surface area contributed by atoms with E-state index in [0.717, 1.165) is 35.5 Å². The molecule has 1 unspecified atom stereocenters. The van der Waals surface area contributed by atoms with Gasteiger partial charge in [-0.3, -0.25) is 4.79 Å². The minimum Gasteiger partial charge on any atom is -0.508 e. The normalized spacial score (nSPS) is 20.0. The van der Waals surface area contributed by atoms with Gasteiger partial charge in [0, 0.05) is 11.9 Å². The fourth-order valence-electron chi connectivity index (χ4n) is 3.29. The first-order chi connectivity index (χ1) is 11.9. The van der Waals surface area contributed by atoms with E-state index in [-0.39, 0.29) is 11.7 Å². The molecular formula is C20H24N2O2S. The van der Waals surface area contributed by atoms with E-state index >= 15 is 0 Å². The molecule has 0 spiro atoms. The first kappa shape index (κ1) is 17.8. The predicted molar refractivity (Wildman–Crippen MR) is 103 cm³/mol. The molecule has 1 heterocycles. The van der Waals surface area contributed by atoms with E-state index in [1.807, 2.05) is 51.5 Å². The molecule has 0 bridgehead atoms. The summed E-state index contributed by atoms with van der Waals surface area (Å²) in [6.45, 7) is 0.930. The molecule has 0 aromatic heterocycles. The zero-order valence-electron chi connectivity index (χ0n) is 14.9. The maximum Gasteiger partial charge on any atom is 0.247 e. The van der Waals surface area contributed by atoms with Gasteiger partial charge >= 0.3 is 0 Å². The molecule has 3 rings (SSSR count). The topological polar surface area (TPSA) is 43.8 Å². The highest BCUT2D eigenvalue weighted by molar-refractivity contribution is 8.01. The molecule has 25 heavy (non-hydrogen) atoms. The lowest BCUT2D eigenvalue weighted by Crippen LogP contribution is -2.46. The Morgan fingerprint density at radius 1 is 1.12 bits per heavy atom. The van der Waals surface area contributed by atoms with Crippen molar-refractivity contribution in [2.24, 2.45) is 0 Å². The molecule has 2 aromatic rings. The number of phenols is 1. The average molecular weight is 356 g/mol. The van der Waals surface area contributed by atoms with E-state index in [9.17, 15) is 9.90 Å². The number of hydrogen-bond donors (Lipinski definition) is 1. The number of phenolic OH excluding ortho intramolecular Hbond substituents is 1. The summed E-state index contributed by atoms with van der Waals surface area (Å²) >= 11 is 1.64. The summed E-state index contributed by atoms with van der Waals surface area (Å²) < 4.78 is -0.660. The molecule has 132 valence electrons. The second-order valence-corrected chi connectivity index (χ2v) is 8.06. The highest BCUT2D eigenvalue weighted by Crippen LogP contribution is 2.52. The highest BCUT2D eigenvalue weighted by atomic mass is 32.2. The number of carbonyl (C=O) groups excluding carboxylic acids is 1. The first-order valence-electron chi connectivity index (χ1n) is 8.44. The molecule has 0 saturated heterocycles. The van der Waals surface area contributed by atoms with Crippen LogP contribution in [0.3, 0.4) is 0 Å². The van der Waals surface area contributed by atoms with Crippen molar-refractivity contribution >= 4 is 23.4 Å². The van der Waals surface area contributed by atoms with Crippen LogP contribution in [0.25, 0.3) is 0 Å². The third-order valence-corrected chi connectivity index (χ3v) is 6.16. The zero-order chi connectivity index (χ0) is 18.0. The van der Waals surface area contributed by atoms with Gasteiger partial charge in [0.1, 0.15) is 10.5 Å². The molecule has 1 atom stereocenters. The SMILES string of the molecule is CN(C)CCCC1(c2ccc(O)cc2)Sc2ccccc2N(C)C1=O. The lowest BCUT2D eigenvalue weighted by Gasteiger charge is -2.41. The van der Waals surface area contributed by atoms with Crippen LogP contribution in [0.4, 0.5) is 5.69 Å². The number of anilines is 1. The van der Waals surface area contributed by atoms with Crippen molar-refractivity contribution < 1.29 is 9.90 Å². The van der Waals surface area contributed by atoms with Gasteiger partial charge in [-0.2, -0.15) is 0 Å². The van der Waals surface area contributed by atoms with E-state index in [1.54, 1.807) is 28.8 Å². The van der Waals surface area contributed by atoms with Crippen molar-refractivity contribution in [2.45, 2.75) is 22.5 Å². The van der Waals surface area contributed by atoms with Crippen molar-refractivity contribution in [1.82, 2.24) is 4.90 Å². The van der Waals surface area contributed by atoms with Gasteiger partial charge in [0.05, 0.1) is 5.69 Å². The Balaban J connectivity index is 2.05. The fourth-order valence-corrected chi connectivity index (χ4v) is 4.85. The van der Waals surface area contributed by atoms with Crippen molar-refractivity contribution in [3.8, 4) is 5.75 Å². The largest absolute Gasteiger partial charge is 0.508 e. The molecule has 0 fully saturated rings. The van der Waals surface area contributed by atoms with Crippen LogP contribution in [0, 0.1) is 0 Å². The van der Waals surface area contributed by atoms with Crippen LogP contribution in [-0.4, -0.2) is 43.6 Å². The smallest absolute Gasteiger partial charge is 0.247 e. The number of aromatic hydroxyl groups is 1. The summed E-state index contributed by atoms with van der Waals surface area (Å²) in [5, 5.41) is 9.65. The number of nitrogens with zero attached hydrogens (tertiary/aromatic N) is 2. The van der Waals surface area contributed by atoms with Crippen LogP contribution < -0.4 is 4.90 Å².